The number of hydrogen-bond acceptors (Lipinski definition) is 2. The summed E-state index contributed by atoms with van der Waals surface area (Å²) in [6.07, 6.45) is 2.74. The van der Waals surface area contributed by atoms with E-state index in [4.69, 9.17) is 0 Å². The number of thiophene rings is 1. The van der Waals surface area contributed by atoms with Crippen molar-refractivity contribution in [1.29, 1.82) is 0 Å². The van der Waals surface area contributed by atoms with Crippen LogP contribution < -0.4 is 5.32 Å². The monoisotopic (exact) mass is 231 g/mol. The molecule has 0 radical (unpaired) electrons. The van der Waals surface area contributed by atoms with E-state index in [-0.39, 0.29) is 0 Å². The predicted molar refractivity (Wildman–Crippen MR) is 51.9 cm³/mol. The van der Waals surface area contributed by atoms with Crippen LogP contribution in [0.5, 0.6) is 0 Å². The van der Waals surface area contributed by atoms with Gasteiger partial charge in [-0.05, 0) is 40.9 Å². The van der Waals surface area contributed by atoms with Crippen LogP contribution in [0.1, 0.15) is 17.7 Å². The van der Waals surface area contributed by atoms with Gasteiger partial charge in [-0.2, -0.15) is 0 Å². The Morgan fingerprint density at radius 2 is 2.36 bits per heavy atom. The molecule has 0 bridgehead atoms. The summed E-state index contributed by atoms with van der Waals surface area (Å²) in [7, 11) is 0. The molecule has 0 aromatic carbocycles. The van der Waals surface area contributed by atoms with Crippen LogP contribution in [0.4, 0.5) is 0 Å². The van der Waals surface area contributed by atoms with Crippen LogP contribution >= 0.6 is 27.3 Å². The Balaban J connectivity index is 1.85. The lowest BCUT2D eigenvalue weighted by Gasteiger charge is -1.97. The highest BCUT2D eigenvalue weighted by Crippen LogP contribution is 2.24. The van der Waals surface area contributed by atoms with Crippen LogP contribution in [0.25, 0.3) is 0 Å². The van der Waals surface area contributed by atoms with Crippen LogP contribution in [0, 0.1) is 0 Å². The fourth-order valence-corrected chi connectivity index (χ4v) is 2.41. The second-order valence-electron chi connectivity index (χ2n) is 2.86. The summed E-state index contributed by atoms with van der Waals surface area (Å²) in [5.41, 5.74) is 0. The normalized spacial score (nSPS) is 17.2. The number of hydrogen-bond donors (Lipinski definition) is 1. The standard InChI is InChI=1S/C8H10BrNS/c9-8-4-3-7(11-8)5-10-6-1-2-6/h3-4,6,10H,1-2,5H2. The van der Waals surface area contributed by atoms with Crippen LogP contribution in [-0.2, 0) is 6.54 Å². The second kappa shape index (κ2) is 3.25. The minimum absolute atomic E-state index is 0.816. The quantitative estimate of drug-likeness (QED) is 0.844. The maximum Gasteiger partial charge on any atom is 0.0701 e. The Labute approximate surface area is 78.9 Å². The van der Waals surface area contributed by atoms with Gasteiger partial charge in [-0.15, -0.1) is 11.3 Å². The summed E-state index contributed by atoms with van der Waals surface area (Å²) in [5, 5.41) is 3.48. The molecule has 0 spiro atoms. The number of halogens is 1. The zero-order valence-corrected chi connectivity index (χ0v) is 8.54. The third-order valence-corrected chi connectivity index (χ3v) is 3.39. The molecule has 1 heterocycles. The average molecular weight is 232 g/mol. The van der Waals surface area contributed by atoms with Crippen LogP contribution in [0.2, 0.25) is 0 Å². The predicted octanol–water partition coefficient (Wildman–Crippen LogP) is 2.76. The molecule has 1 nitrogen and oxygen atoms in total. The summed E-state index contributed by atoms with van der Waals surface area (Å²) in [4.78, 5) is 1.42. The zero-order chi connectivity index (χ0) is 7.68. The molecule has 0 unspecified atom stereocenters. The van der Waals surface area contributed by atoms with E-state index in [0.717, 1.165) is 12.6 Å². The van der Waals surface area contributed by atoms with Crippen LogP contribution in [-0.4, -0.2) is 6.04 Å². The van der Waals surface area contributed by atoms with Crippen LogP contribution in [0.3, 0.4) is 0 Å². The molecule has 0 aliphatic heterocycles. The summed E-state index contributed by atoms with van der Waals surface area (Å²) in [5.74, 6) is 0. The Morgan fingerprint density at radius 3 is 2.91 bits per heavy atom. The molecule has 1 aromatic heterocycles. The van der Waals surface area contributed by atoms with Crippen molar-refractivity contribution in [2.45, 2.75) is 25.4 Å². The number of rotatable bonds is 3. The third-order valence-electron chi connectivity index (χ3n) is 1.77. The van der Waals surface area contributed by atoms with Crippen molar-refractivity contribution in [2.24, 2.45) is 0 Å². The van der Waals surface area contributed by atoms with E-state index in [1.165, 1.54) is 21.5 Å². The fraction of sp³-hybridized carbons (Fsp3) is 0.500. The van der Waals surface area contributed by atoms with Gasteiger partial charge in [0.2, 0.25) is 0 Å². The molecule has 2 rings (SSSR count). The van der Waals surface area contributed by atoms with Crippen molar-refractivity contribution in [3.63, 3.8) is 0 Å². The maximum atomic E-state index is 3.48. The molecule has 1 aromatic rings. The van der Waals surface area contributed by atoms with Gasteiger partial charge < -0.3 is 5.32 Å². The van der Waals surface area contributed by atoms with E-state index < -0.39 is 0 Å². The molecular weight excluding hydrogens is 222 g/mol. The Hall–Kier alpha value is 0.140. The van der Waals surface area contributed by atoms with Gasteiger partial charge in [-0.3, -0.25) is 0 Å². The van der Waals surface area contributed by atoms with Gasteiger partial charge in [0.25, 0.3) is 0 Å². The molecule has 1 saturated carbocycles. The Bertz CT molecular complexity index is 242. The molecule has 11 heavy (non-hydrogen) atoms. The molecule has 0 saturated heterocycles. The molecule has 1 N–H and O–H groups in total. The first-order chi connectivity index (χ1) is 5.34. The molecule has 60 valence electrons. The Kier molecular flexibility index (Phi) is 2.30. The molecule has 0 atom stereocenters. The summed E-state index contributed by atoms with van der Waals surface area (Å²) < 4.78 is 1.23. The lowest BCUT2D eigenvalue weighted by atomic mass is 10.4. The summed E-state index contributed by atoms with van der Waals surface area (Å²) in [6.45, 7) is 1.04. The van der Waals surface area contributed by atoms with E-state index in [1.807, 2.05) is 11.3 Å². The molecule has 1 aliphatic carbocycles. The van der Waals surface area contributed by atoms with E-state index in [2.05, 4.69) is 33.4 Å². The van der Waals surface area contributed by atoms with Crippen molar-refractivity contribution in [3.05, 3.63) is 20.8 Å². The van der Waals surface area contributed by atoms with Gasteiger partial charge in [-0.25, -0.2) is 0 Å². The highest BCUT2D eigenvalue weighted by Gasteiger charge is 2.19. The molecule has 1 aliphatic rings. The van der Waals surface area contributed by atoms with Crippen molar-refractivity contribution >= 4 is 27.3 Å². The maximum absolute atomic E-state index is 3.48. The van der Waals surface area contributed by atoms with Crippen molar-refractivity contribution in [3.8, 4) is 0 Å². The first-order valence-electron chi connectivity index (χ1n) is 3.82. The van der Waals surface area contributed by atoms with Gasteiger partial charge in [0.15, 0.2) is 0 Å². The third kappa shape index (κ3) is 2.29. The van der Waals surface area contributed by atoms with Gasteiger partial charge in [0.05, 0.1) is 3.79 Å². The Morgan fingerprint density at radius 1 is 1.55 bits per heavy atom. The highest BCUT2D eigenvalue weighted by molar-refractivity contribution is 9.11. The fourth-order valence-electron chi connectivity index (χ4n) is 0.979. The van der Waals surface area contributed by atoms with Crippen molar-refractivity contribution < 1.29 is 0 Å². The van der Waals surface area contributed by atoms with Crippen molar-refractivity contribution in [2.75, 3.05) is 0 Å². The topological polar surface area (TPSA) is 12.0 Å². The van der Waals surface area contributed by atoms with Gasteiger partial charge in [0.1, 0.15) is 0 Å². The zero-order valence-electron chi connectivity index (χ0n) is 6.14. The van der Waals surface area contributed by atoms with E-state index >= 15 is 0 Å². The molecule has 3 heteroatoms. The second-order valence-corrected chi connectivity index (χ2v) is 5.41. The lowest BCUT2D eigenvalue weighted by Crippen LogP contribution is -2.14. The van der Waals surface area contributed by atoms with E-state index in [9.17, 15) is 0 Å². The first kappa shape index (κ1) is 7.77. The summed E-state index contributed by atoms with van der Waals surface area (Å²) in [6, 6.07) is 5.09. The molecular formula is C8H10BrNS. The molecule has 0 amide bonds. The summed E-state index contributed by atoms with van der Waals surface area (Å²) >= 11 is 5.26. The van der Waals surface area contributed by atoms with Crippen LogP contribution in [0.15, 0.2) is 15.9 Å². The first-order valence-corrected chi connectivity index (χ1v) is 5.43. The largest absolute Gasteiger partial charge is 0.309 e. The van der Waals surface area contributed by atoms with E-state index in [1.54, 1.807) is 0 Å². The van der Waals surface area contributed by atoms with Gasteiger partial charge >= 0.3 is 0 Å². The van der Waals surface area contributed by atoms with Gasteiger partial charge in [-0.1, -0.05) is 0 Å². The smallest absolute Gasteiger partial charge is 0.0701 e. The SMILES string of the molecule is Brc1ccc(CNC2CC2)s1. The number of nitrogens with one attached hydrogen (secondary N) is 1. The highest BCUT2D eigenvalue weighted by atomic mass is 79.9. The van der Waals surface area contributed by atoms with E-state index in [0.29, 0.717) is 0 Å². The lowest BCUT2D eigenvalue weighted by molar-refractivity contribution is 0.695. The minimum Gasteiger partial charge on any atom is -0.309 e. The average Bonchev–Trinajstić information content (AvgIpc) is 2.72. The minimum atomic E-state index is 0.816. The van der Waals surface area contributed by atoms with Crippen molar-refractivity contribution in [1.82, 2.24) is 5.32 Å². The molecule has 1 fully saturated rings. The van der Waals surface area contributed by atoms with Gasteiger partial charge in [0, 0.05) is 17.5 Å².